The fourth-order valence-electron chi connectivity index (χ4n) is 4.06. The van der Waals surface area contributed by atoms with E-state index in [0.717, 1.165) is 31.3 Å². The number of carbonyl (C=O) groups excluding carboxylic acids is 1. The monoisotopic (exact) mass is 236 g/mol. The van der Waals surface area contributed by atoms with Gasteiger partial charge in [-0.1, -0.05) is 6.42 Å². The molecular formula is C14H24N2O. The van der Waals surface area contributed by atoms with E-state index in [1.807, 2.05) is 0 Å². The molecule has 0 radical (unpaired) electrons. The second-order valence-electron chi connectivity index (χ2n) is 6.30. The van der Waals surface area contributed by atoms with Crippen LogP contribution in [0.2, 0.25) is 0 Å². The Bertz CT molecular complexity index is 307. The highest BCUT2D eigenvalue weighted by Gasteiger charge is 2.57. The lowest BCUT2D eigenvalue weighted by Gasteiger charge is -2.38. The first-order valence-electron chi connectivity index (χ1n) is 7.23. The molecule has 3 heteroatoms. The minimum atomic E-state index is 0.391. The number of nitrogens with zero attached hydrogens (tertiary/aromatic N) is 1. The number of piperidine rings is 1. The summed E-state index contributed by atoms with van der Waals surface area (Å²) in [6, 6.07) is 0.437. The molecule has 0 aromatic rings. The number of fused-ring (bicyclic) bond motifs is 1. The smallest absolute Gasteiger partial charge is 0.226 e. The minimum Gasteiger partial charge on any atom is -0.339 e. The summed E-state index contributed by atoms with van der Waals surface area (Å²) in [5, 5.41) is 0. The van der Waals surface area contributed by atoms with Crippen molar-refractivity contribution in [2.24, 2.45) is 29.4 Å². The maximum Gasteiger partial charge on any atom is 0.226 e. The fourth-order valence-corrected chi connectivity index (χ4v) is 4.06. The summed E-state index contributed by atoms with van der Waals surface area (Å²) in [5.74, 6) is 2.86. The van der Waals surface area contributed by atoms with E-state index >= 15 is 0 Å². The number of nitrogens with two attached hydrogens (primary N) is 1. The van der Waals surface area contributed by atoms with E-state index in [4.69, 9.17) is 5.73 Å². The van der Waals surface area contributed by atoms with Crippen LogP contribution in [0.1, 0.15) is 39.0 Å². The molecule has 3 rings (SSSR count). The zero-order chi connectivity index (χ0) is 12.0. The van der Waals surface area contributed by atoms with Crippen LogP contribution in [0, 0.1) is 23.7 Å². The maximum absolute atomic E-state index is 12.5. The molecule has 1 saturated heterocycles. The van der Waals surface area contributed by atoms with Crippen molar-refractivity contribution in [2.45, 2.75) is 45.1 Å². The van der Waals surface area contributed by atoms with E-state index < -0.39 is 0 Å². The van der Waals surface area contributed by atoms with Crippen LogP contribution in [0.15, 0.2) is 0 Å². The highest BCUT2D eigenvalue weighted by atomic mass is 16.2. The molecule has 3 nitrogen and oxygen atoms in total. The molecule has 3 fully saturated rings. The van der Waals surface area contributed by atoms with E-state index in [0.29, 0.717) is 23.8 Å². The quantitative estimate of drug-likeness (QED) is 0.792. The van der Waals surface area contributed by atoms with Gasteiger partial charge in [0.15, 0.2) is 0 Å². The molecule has 0 bridgehead atoms. The number of amides is 1. The third-order valence-corrected chi connectivity index (χ3v) is 5.29. The van der Waals surface area contributed by atoms with Gasteiger partial charge in [-0.25, -0.2) is 0 Å². The SMILES string of the molecule is CC1CCC(CN)CN1C(=O)C1C2CCCC21. The molecule has 2 saturated carbocycles. The Morgan fingerprint density at radius 2 is 1.94 bits per heavy atom. The van der Waals surface area contributed by atoms with Gasteiger partial charge in [0, 0.05) is 18.5 Å². The van der Waals surface area contributed by atoms with E-state index in [-0.39, 0.29) is 0 Å². The number of hydrogen-bond acceptors (Lipinski definition) is 2. The molecule has 0 aromatic carbocycles. The summed E-state index contributed by atoms with van der Waals surface area (Å²) in [6.45, 7) is 3.84. The van der Waals surface area contributed by atoms with Crippen LogP contribution in [0.3, 0.4) is 0 Å². The van der Waals surface area contributed by atoms with Gasteiger partial charge in [0.25, 0.3) is 0 Å². The Kier molecular flexibility index (Phi) is 2.89. The van der Waals surface area contributed by atoms with Crippen molar-refractivity contribution < 1.29 is 4.79 Å². The summed E-state index contributed by atoms with van der Waals surface area (Å²) in [4.78, 5) is 14.7. The minimum absolute atomic E-state index is 0.391. The molecule has 17 heavy (non-hydrogen) atoms. The van der Waals surface area contributed by atoms with Gasteiger partial charge in [-0.15, -0.1) is 0 Å². The van der Waals surface area contributed by atoms with Crippen molar-refractivity contribution in [3.05, 3.63) is 0 Å². The van der Waals surface area contributed by atoms with Crippen molar-refractivity contribution in [2.75, 3.05) is 13.1 Å². The van der Waals surface area contributed by atoms with Crippen molar-refractivity contribution in [3.63, 3.8) is 0 Å². The van der Waals surface area contributed by atoms with Crippen LogP contribution in [0.25, 0.3) is 0 Å². The number of likely N-dealkylation sites (tertiary alicyclic amines) is 1. The molecule has 96 valence electrons. The van der Waals surface area contributed by atoms with E-state index in [1.54, 1.807) is 0 Å². The molecule has 0 spiro atoms. The lowest BCUT2D eigenvalue weighted by atomic mass is 9.92. The summed E-state index contributed by atoms with van der Waals surface area (Å²) in [5.41, 5.74) is 5.76. The summed E-state index contributed by atoms with van der Waals surface area (Å²) < 4.78 is 0. The van der Waals surface area contributed by atoms with Gasteiger partial charge in [0.1, 0.15) is 0 Å². The highest BCUT2D eigenvalue weighted by Crippen LogP contribution is 2.58. The fraction of sp³-hybridized carbons (Fsp3) is 0.929. The molecule has 1 amide bonds. The van der Waals surface area contributed by atoms with Gasteiger partial charge in [0.05, 0.1) is 0 Å². The van der Waals surface area contributed by atoms with E-state index in [1.165, 1.54) is 25.7 Å². The summed E-state index contributed by atoms with van der Waals surface area (Å²) in [6.07, 6.45) is 6.27. The highest BCUT2D eigenvalue weighted by molar-refractivity contribution is 5.83. The van der Waals surface area contributed by atoms with E-state index in [9.17, 15) is 4.79 Å². The maximum atomic E-state index is 12.5. The second kappa shape index (κ2) is 4.27. The van der Waals surface area contributed by atoms with Crippen molar-refractivity contribution in [3.8, 4) is 0 Å². The molecule has 1 heterocycles. The Morgan fingerprint density at radius 1 is 1.24 bits per heavy atom. The summed E-state index contributed by atoms with van der Waals surface area (Å²) >= 11 is 0. The third-order valence-electron chi connectivity index (χ3n) is 5.29. The van der Waals surface area contributed by atoms with Crippen molar-refractivity contribution >= 4 is 5.91 Å². The van der Waals surface area contributed by atoms with Crippen LogP contribution in [0.4, 0.5) is 0 Å². The van der Waals surface area contributed by atoms with Crippen molar-refractivity contribution in [1.29, 1.82) is 0 Å². The van der Waals surface area contributed by atoms with Crippen LogP contribution in [0.5, 0.6) is 0 Å². The molecule has 1 aliphatic heterocycles. The van der Waals surface area contributed by atoms with Gasteiger partial charge in [-0.3, -0.25) is 4.79 Å². The molecule has 2 aliphatic carbocycles. The first kappa shape index (κ1) is 11.5. The lowest BCUT2D eigenvalue weighted by molar-refractivity contribution is -0.137. The number of rotatable bonds is 2. The molecule has 3 aliphatic rings. The predicted octanol–water partition coefficient (Wildman–Crippen LogP) is 1.62. The molecule has 4 unspecified atom stereocenters. The Morgan fingerprint density at radius 3 is 2.59 bits per heavy atom. The first-order valence-corrected chi connectivity index (χ1v) is 7.23. The molecular weight excluding hydrogens is 212 g/mol. The van der Waals surface area contributed by atoms with Crippen LogP contribution < -0.4 is 5.73 Å². The molecule has 4 atom stereocenters. The topological polar surface area (TPSA) is 46.3 Å². The van der Waals surface area contributed by atoms with Crippen molar-refractivity contribution in [1.82, 2.24) is 4.90 Å². The third kappa shape index (κ3) is 1.88. The summed E-state index contributed by atoms with van der Waals surface area (Å²) in [7, 11) is 0. The van der Waals surface area contributed by atoms with Crippen LogP contribution >= 0.6 is 0 Å². The predicted molar refractivity (Wildman–Crippen MR) is 67.3 cm³/mol. The van der Waals surface area contributed by atoms with Gasteiger partial charge in [-0.05, 0) is 56.9 Å². The van der Waals surface area contributed by atoms with Gasteiger partial charge in [-0.2, -0.15) is 0 Å². The normalized spacial score (nSPS) is 44.6. The zero-order valence-electron chi connectivity index (χ0n) is 10.8. The van der Waals surface area contributed by atoms with Gasteiger partial charge in [0.2, 0.25) is 5.91 Å². The largest absolute Gasteiger partial charge is 0.339 e. The van der Waals surface area contributed by atoms with E-state index in [2.05, 4.69) is 11.8 Å². The molecule has 2 N–H and O–H groups in total. The Labute approximate surface area is 104 Å². The lowest BCUT2D eigenvalue weighted by Crippen LogP contribution is -2.48. The average Bonchev–Trinajstić information content (AvgIpc) is 2.82. The van der Waals surface area contributed by atoms with Gasteiger partial charge < -0.3 is 10.6 Å². The zero-order valence-corrected chi connectivity index (χ0v) is 10.8. The number of hydrogen-bond donors (Lipinski definition) is 1. The molecule has 0 aromatic heterocycles. The Hall–Kier alpha value is -0.570. The van der Waals surface area contributed by atoms with Crippen LogP contribution in [-0.4, -0.2) is 29.9 Å². The second-order valence-corrected chi connectivity index (χ2v) is 6.30. The van der Waals surface area contributed by atoms with Crippen LogP contribution in [-0.2, 0) is 4.79 Å². The average molecular weight is 236 g/mol. The number of carbonyl (C=O) groups is 1. The standard InChI is InChI=1S/C14H24N2O/c1-9-5-6-10(7-15)8-16(9)14(17)13-11-3-2-4-12(11)13/h9-13H,2-8,15H2,1H3. The van der Waals surface area contributed by atoms with Gasteiger partial charge >= 0.3 is 0 Å². The first-order chi connectivity index (χ1) is 8.22. The Balaban J connectivity index is 1.64.